The molecule has 1 unspecified atom stereocenters. The van der Waals surface area contributed by atoms with Gasteiger partial charge in [0.05, 0.1) is 0 Å². The lowest BCUT2D eigenvalue weighted by molar-refractivity contribution is 0.136. The van der Waals surface area contributed by atoms with Crippen molar-refractivity contribution in [3.63, 3.8) is 0 Å². The maximum absolute atomic E-state index is 3.51. The van der Waals surface area contributed by atoms with Crippen LogP contribution in [0.15, 0.2) is 12.1 Å². The molecule has 0 saturated heterocycles. The van der Waals surface area contributed by atoms with E-state index in [2.05, 4.69) is 70.9 Å². The van der Waals surface area contributed by atoms with E-state index in [1.54, 1.807) is 0 Å². The standard InChI is InChI=1S/C17H32N2S/c1-13(2)10-18-11-15-8-9-16(20-15)12-19(7)14(3)17(4,5)6/h8-9,13-14,18H,10-12H2,1-7H3. The molecule has 2 nitrogen and oxygen atoms in total. The van der Waals surface area contributed by atoms with Crippen LogP contribution in [0.1, 0.15) is 51.3 Å². The molecule has 1 aromatic heterocycles. The second kappa shape index (κ2) is 7.58. The summed E-state index contributed by atoms with van der Waals surface area (Å²) in [5, 5.41) is 3.51. The van der Waals surface area contributed by atoms with Crippen molar-refractivity contribution in [3.8, 4) is 0 Å². The molecule has 3 heteroatoms. The smallest absolute Gasteiger partial charge is 0.0328 e. The maximum atomic E-state index is 3.51. The van der Waals surface area contributed by atoms with Crippen LogP contribution in [0.5, 0.6) is 0 Å². The molecule has 0 aromatic carbocycles. The van der Waals surface area contributed by atoms with E-state index in [0.29, 0.717) is 17.4 Å². The molecule has 0 radical (unpaired) electrons. The van der Waals surface area contributed by atoms with Gasteiger partial charge in [-0.05, 0) is 44.0 Å². The summed E-state index contributed by atoms with van der Waals surface area (Å²) in [5.74, 6) is 0.716. The molecule has 0 spiro atoms. The summed E-state index contributed by atoms with van der Waals surface area (Å²) in [5.41, 5.74) is 0.327. The minimum absolute atomic E-state index is 0.327. The van der Waals surface area contributed by atoms with Crippen LogP contribution in [0, 0.1) is 11.3 Å². The Labute approximate surface area is 129 Å². The van der Waals surface area contributed by atoms with E-state index < -0.39 is 0 Å². The topological polar surface area (TPSA) is 15.3 Å². The number of hydrogen-bond acceptors (Lipinski definition) is 3. The zero-order valence-electron chi connectivity index (χ0n) is 14.3. The third-order valence-electron chi connectivity index (χ3n) is 3.89. The normalized spacial score (nSPS) is 14.2. The SMILES string of the molecule is CC(C)CNCc1ccc(CN(C)C(C)C(C)(C)C)s1. The Kier molecular flexibility index (Phi) is 6.70. The van der Waals surface area contributed by atoms with Gasteiger partial charge in [-0.1, -0.05) is 34.6 Å². The number of thiophene rings is 1. The quantitative estimate of drug-likeness (QED) is 0.804. The highest BCUT2D eigenvalue weighted by atomic mass is 32.1. The van der Waals surface area contributed by atoms with Gasteiger partial charge >= 0.3 is 0 Å². The second-order valence-electron chi connectivity index (χ2n) is 7.35. The summed E-state index contributed by atoms with van der Waals surface area (Å²) in [6, 6.07) is 5.12. The van der Waals surface area contributed by atoms with E-state index in [0.717, 1.165) is 19.6 Å². The predicted octanol–water partition coefficient (Wildman–Crippen LogP) is 4.36. The van der Waals surface area contributed by atoms with Crippen molar-refractivity contribution in [1.82, 2.24) is 10.2 Å². The summed E-state index contributed by atoms with van der Waals surface area (Å²) >= 11 is 1.94. The number of hydrogen-bond donors (Lipinski definition) is 1. The Morgan fingerprint density at radius 2 is 1.75 bits per heavy atom. The van der Waals surface area contributed by atoms with Gasteiger partial charge in [0.2, 0.25) is 0 Å². The Morgan fingerprint density at radius 1 is 1.15 bits per heavy atom. The molecule has 1 aromatic rings. The van der Waals surface area contributed by atoms with Crippen molar-refractivity contribution in [2.24, 2.45) is 11.3 Å². The molecule has 1 atom stereocenters. The summed E-state index contributed by atoms with van der Waals surface area (Å²) in [6.07, 6.45) is 0. The average molecular weight is 297 g/mol. The second-order valence-corrected chi connectivity index (χ2v) is 8.60. The van der Waals surface area contributed by atoms with Crippen LogP contribution in [-0.2, 0) is 13.1 Å². The van der Waals surface area contributed by atoms with Gasteiger partial charge in [-0.15, -0.1) is 11.3 Å². The van der Waals surface area contributed by atoms with E-state index >= 15 is 0 Å². The fourth-order valence-electron chi connectivity index (χ4n) is 2.13. The highest BCUT2D eigenvalue weighted by Gasteiger charge is 2.23. The molecule has 0 aliphatic carbocycles. The lowest BCUT2D eigenvalue weighted by Gasteiger charge is -2.35. The van der Waals surface area contributed by atoms with Gasteiger partial charge in [0.25, 0.3) is 0 Å². The minimum Gasteiger partial charge on any atom is -0.312 e. The molecular weight excluding hydrogens is 264 g/mol. The van der Waals surface area contributed by atoms with Crippen molar-refractivity contribution < 1.29 is 0 Å². The number of rotatable bonds is 7. The lowest BCUT2D eigenvalue weighted by atomic mass is 9.87. The molecular formula is C17H32N2S. The van der Waals surface area contributed by atoms with E-state index in [-0.39, 0.29) is 0 Å². The molecule has 0 fully saturated rings. The summed E-state index contributed by atoms with van der Waals surface area (Å²) in [7, 11) is 2.23. The van der Waals surface area contributed by atoms with Gasteiger partial charge in [-0.3, -0.25) is 4.90 Å². The number of nitrogens with zero attached hydrogens (tertiary/aromatic N) is 1. The van der Waals surface area contributed by atoms with Crippen molar-refractivity contribution in [3.05, 3.63) is 21.9 Å². The van der Waals surface area contributed by atoms with E-state index in [1.807, 2.05) is 11.3 Å². The summed E-state index contributed by atoms with van der Waals surface area (Å²) in [4.78, 5) is 5.36. The highest BCUT2D eigenvalue weighted by molar-refractivity contribution is 7.11. The molecule has 1 rings (SSSR count). The monoisotopic (exact) mass is 296 g/mol. The fourth-order valence-corrected chi connectivity index (χ4v) is 3.18. The zero-order chi connectivity index (χ0) is 15.3. The first-order valence-corrected chi connectivity index (χ1v) is 8.50. The molecule has 0 saturated carbocycles. The third-order valence-corrected chi connectivity index (χ3v) is 4.96. The lowest BCUT2D eigenvalue weighted by Crippen LogP contribution is -2.38. The molecule has 0 aliphatic rings. The zero-order valence-corrected chi connectivity index (χ0v) is 15.1. The van der Waals surface area contributed by atoms with Crippen LogP contribution in [-0.4, -0.2) is 24.5 Å². The van der Waals surface area contributed by atoms with Crippen molar-refractivity contribution in [1.29, 1.82) is 0 Å². The largest absolute Gasteiger partial charge is 0.312 e. The molecule has 20 heavy (non-hydrogen) atoms. The van der Waals surface area contributed by atoms with Gasteiger partial charge in [0, 0.05) is 28.9 Å². The molecule has 1 N–H and O–H groups in total. The predicted molar refractivity (Wildman–Crippen MR) is 91.2 cm³/mol. The average Bonchev–Trinajstić information content (AvgIpc) is 2.74. The minimum atomic E-state index is 0.327. The first-order chi connectivity index (χ1) is 9.20. The summed E-state index contributed by atoms with van der Waals surface area (Å²) < 4.78 is 0. The first-order valence-electron chi connectivity index (χ1n) is 7.68. The van der Waals surface area contributed by atoms with Gasteiger partial charge < -0.3 is 5.32 Å². The molecule has 0 amide bonds. The number of nitrogens with one attached hydrogen (secondary N) is 1. The van der Waals surface area contributed by atoms with Crippen molar-refractivity contribution >= 4 is 11.3 Å². The molecule has 0 bridgehead atoms. The molecule has 116 valence electrons. The van der Waals surface area contributed by atoms with Gasteiger partial charge in [0.1, 0.15) is 0 Å². The van der Waals surface area contributed by atoms with Crippen LogP contribution in [0.3, 0.4) is 0 Å². The van der Waals surface area contributed by atoms with Crippen LogP contribution in [0.4, 0.5) is 0 Å². The molecule has 0 aliphatic heterocycles. The van der Waals surface area contributed by atoms with Gasteiger partial charge in [-0.25, -0.2) is 0 Å². The van der Waals surface area contributed by atoms with E-state index in [9.17, 15) is 0 Å². The maximum Gasteiger partial charge on any atom is 0.0328 e. The van der Waals surface area contributed by atoms with Crippen LogP contribution in [0.2, 0.25) is 0 Å². The van der Waals surface area contributed by atoms with Gasteiger partial charge in [-0.2, -0.15) is 0 Å². The van der Waals surface area contributed by atoms with Gasteiger partial charge in [0.15, 0.2) is 0 Å². The summed E-state index contributed by atoms with van der Waals surface area (Å²) in [6.45, 7) is 16.9. The van der Waals surface area contributed by atoms with E-state index in [1.165, 1.54) is 9.75 Å². The first kappa shape index (κ1) is 17.7. The highest BCUT2D eigenvalue weighted by Crippen LogP contribution is 2.26. The van der Waals surface area contributed by atoms with Crippen LogP contribution < -0.4 is 5.32 Å². The van der Waals surface area contributed by atoms with Crippen LogP contribution in [0.25, 0.3) is 0 Å². The van der Waals surface area contributed by atoms with E-state index in [4.69, 9.17) is 0 Å². The fraction of sp³-hybridized carbons (Fsp3) is 0.765. The Morgan fingerprint density at radius 3 is 2.30 bits per heavy atom. The Hall–Kier alpha value is -0.380. The molecule has 1 heterocycles. The third kappa shape index (κ3) is 5.94. The Balaban J connectivity index is 2.47. The Bertz CT molecular complexity index is 390. The van der Waals surface area contributed by atoms with Crippen LogP contribution >= 0.6 is 11.3 Å². The van der Waals surface area contributed by atoms with Crippen molar-refractivity contribution in [2.45, 2.75) is 60.7 Å². The van der Waals surface area contributed by atoms with Crippen molar-refractivity contribution in [2.75, 3.05) is 13.6 Å².